The quantitative estimate of drug-likeness (QED) is 0.525. The van der Waals surface area contributed by atoms with Crippen molar-refractivity contribution in [3.8, 4) is 0 Å². The molecule has 0 fully saturated rings. The second-order valence-electron chi connectivity index (χ2n) is 4.66. The van der Waals surface area contributed by atoms with Crippen LogP contribution in [0.25, 0.3) is 0 Å². The maximum atomic E-state index is 11.8. The molecule has 0 N–H and O–H groups in total. The number of benzene rings is 1. The van der Waals surface area contributed by atoms with Gasteiger partial charge in [0, 0.05) is 18.4 Å². The Hall–Kier alpha value is -1.64. The van der Waals surface area contributed by atoms with E-state index in [9.17, 15) is 9.59 Å². The Morgan fingerprint density at radius 2 is 1.64 bits per heavy atom. The number of ketones is 1. The van der Waals surface area contributed by atoms with Gasteiger partial charge in [0.15, 0.2) is 5.78 Å². The van der Waals surface area contributed by atoms with E-state index >= 15 is 0 Å². The molecule has 22 heavy (non-hydrogen) atoms. The van der Waals surface area contributed by atoms with Crippen molar-refractivity contribution in [2.45, 2.75) is 67.2 Å². The molecule has 0 bridgehead atoms. The van der Waals surface area contributed by atoms with E-state index in [-0.39, 0.29) is 11.8 Å². The van der Waals surface area contributed by atoms with Crippen molar-refractivity contribution in [2.24, 2.45) is 0 Å². The minimum Gasteiger partial charge on any atom is -0.466 e. The zero-order chi connectivity index (χ0) is 17.4. The summed E-state index contributed by atoms with van der Waals surface area (Å²) in [5.74, 6) is -0.150. The standard InChI is InChI=1S/C14H18O3.C3H8.C2H6/c1-3-17-14(16)9-5-8-13(15)12-7-4-6-11(2)10-12;1-3-2;1-2/h4,6-7,10H,3,5,8-9H2,1-2H3;3H2,1-2H3;1-2H3. The van der Waals surface area contributed by atoms with Gasteiger partial charge in [0.1, 0.15) is 0 Å². The first-order valence-corrected chi connectivity index (χ1v) is 8.30. The van der Waals surface area contributed by atoms with Crippen LogP contribution in [-0.4, -0.2) is 18.4 Å². The molecule has 126 valence electrons. The van der Waals surface area contributed by atoms with Crippen LogP contribution in [0.3, 0.4) is 0 Å². The predicted molar refractivity (Wildman–Crippen MR) is 93.3 cm³/mol. The second-order valence-corrected chi connectivity index (χ2v) is 4.66. The molecule has 0 saturated carbocycles. The van der Waals surface area contributed by atoms with E-state index in [2.05, 4.69) is 13.8 Å². The highest BCUT2D eigenvalue weighted by Crippen LogP contribution is 2.09. The Kier molecular flexibility index (Phi) is 16.2. The minimum atomic E-state index is -0.232. The molecule has 0 unspecified atom stereocenters. The molecule has 3 nitrogen and oxygen atoms in total. The van der Waals surface area contributed by atoms with Crippen LogP contribution in [0.15, 0.2) is 24.3 Å². The fourth-order valence-corrected chi connectivity index (χ4v) is 1.59. The Balaban J connectivity index is 0. The maximum Gasteiger partial charge on any atom is 0.305 e. The summed E-state index contributed by atoms with van der Waals surface area (Å²) >= 11 is 0. The van der Waals surface area contributed by atoms with Crippen LogP contribution in [0, 0.1) is 6.92 Å². The molecule has 1 aromatic rings. The first-order valence-electron chi connectivity index (χ1n) is 8.30. The highest BCUT2D eigenvalue weighted by Gasteiger charge is 2.08. The average Bonchev–Trinajstić information content (AvgIpc) is 2.50. The average molecular weight is 308 g/mol. The molecule has 0 aliphatic rings. The molecule has 0 amide bonds. The van der Waals surface area contributed by atoms with Crippen LogP contribution >= 0.6 is 0 Å². The summed E-state index contributed by atoms with van der Waals surface area (Å²) in [7, 11) is 0. The van der Waals surface area contributed by atoms with Gasteiger partial charge in [-0.2, -0.15) is 0 Å². The lowest BCUT2D eigenvalue weighted by Crippen LogP contribution is -2.05. The summed E-state index contributed by atoms with van der Waals surface area (Å²) in [6, 6.07) is 7.50. The maximum absolute atomic E-state index is 11.8. The van der Waals surface area contributed by atoms with Crippen LogP contribution in [0.1, 0.15) is 76.2 Å². The summed E-state index contributed by atoms with van der Waals surface area (Å²) < 4.78 is 4.80. The van der Waals surface area contributed by atoms with Gasteiger partial charge in [-0.15, -0.1) is 0 Å². The first-order chi connectivity index (χ1) is 10.5. The van der Waals surface area contributed by atoms with Gasteiger partial charge < -0.3 is 4.74 Å². The third kappa shape index (κ3) is 12.1. The lowest BCUT2D eigenvalue weighted by atomic mass is 10.0. The molecule has 0 spiro atoms. The SMILES string of the molecule is CC.CCC.CCOC(=O)CCCC(=O)c1cccc(C)c1. The molecule has 1 rings (SSSR count). The van der Waals surface area contributed by atoms with Crippen LogP contribution in [0.4, 0.5) is 0 Å². The molecule has 0 heterocycles. The zero-order valence-electron chi connectivity index (χ0n) is 15.1. The Bertz CT molecular complexity index is 411. The van der Waals surface area contributed by atoms with E-state index in [0.29, 0.717) is 31.4 Å². The number of rotatable bonds is 6. The van der Waals surface area contributed by atoms with Crippen molar-refractivity contribution >= 4 is 11.8 Å². The molecule has 0 saturated heterocycles. The summed E-state index contributed by atoms with van der Waals surface area (Å²) in [6.07, 6.45) is 2.50. The van der Waals surface area contributed by atoms with Gasteiger partial charge in [0.05, 0.1) is 6.61 Å². The number of hydrogen-bond donors (Lipinski definition) is 0. The minimum absolute atomic E-state index is 0.0815. The molecule has 0 aliphatic heterocycles. The highest BCUT2D eigenvalue weighted by atomic mass is 16.5. The summed E-state index contributed by atoms with van der Waals surface area (Å²) in [6.45, 7) is 12.4. The van der Waals surface area contributed by atoms with Gasteiger partial charge in [-0.3, -0.25) is 9.59 Å². The largest absolute Gasteiger partial charge is 0.466 e. The topological polar surface area (TPSA) is 43.4 Å². The Labute approximate surface area is 136 Å². The molecule has 0 aliphatic carbocycles. The van der Waals surface area contributed by atoms with E-state index < -0.39 is 0 Å². The zero-order valence-corrected chi connectivity index (χ0v) is 15.1. The third-order valence-corrected chi connectivity index (χ3v) is 2.43. The van der Waals surface area contributed by atoms with Gasteiger partial charge in [-0.25, -0.2) is 0 Å². The van der Waals surface area contributed by atoms with Crippen LogP contribution in [0.2, 0.25) is 0 Å². The lowest BCUT2D eigenvalue weighted by Gasteiger charge is -2.03. The lowest BCUT2D eigenvalue weighted by molar-refractivity contribution is -0.143. The van der Waals surface area contributed by atoms with Crippen molar-refractivity contribution in [1.29, 1.82) is 0 Å². The fraction of sp³-hybridized carbons (Fsp3) is 0.579. The monoisotopic (exact) mass is 308 g/mol. The van der Waals surface area contributed by atoms with Gasteiger partial charge in [-0.05, 0) is 26.3 Å². The predicted octanol–water partition coefficient (Wildman–Crippen LogP) is 5.35. The summed E-state index contributed by atoms with van der Waals surface area (Å²) in [4.78, 5) is 22.9. The molecular weight excluding hydrogens is 276 g/mol. The van der Waals surface area contributed by atoms with Gasteiger partial charge in [-0.1, -0.05) is 57.9 Å². The van der Waals surface area contributed by atoms with Crippen LogP contribution in [0.5, 0.6) is 0 Å². The molecule has 0 aromatic heterocycles. The molecule has 3 heteroatoms. The van der Waals surface area contributed by atoms with Gasteiger partial charge in [0.25, 0.3) is 0 Å². The van der Waals surface area contributed by atoms with Crippen molar-refractivity contribution < 1.29 is 14.3 Å². The molecule has 0 atom stereocenters. The van der Waals surface area contributed by atoms with Crippen LogP contribution < -0.4 is 0 Å². The molecule has 1 aromatic carbocycles. The van der Waals surface area contributed by atoms with E-state index in [1.165, 1.54) is 6.42 Å². The van der Waals surface area contributed by atoms with E-state index in [1.54, 1.807) is 13.0 Å². The number of esters is 1. The number of carbonyl (C=O) groups is 2. The molecule has 0 radical (unpaired) electrons. The summed E-state index contributed by atoms with van der Waals surface area (Å²) in [5, 5.41) is 0. The van der Waals surface area contributed by atoms with E-state index in [0.717, 1.165) is 5.56 Å². The van der Waals surface area contributed by atoms with Gasteiger partial charge in [0.2, 0.25) is 0 Å². The fourth-order valence-electron chi connectivity index (χ4n) is 1.59. The molecular formula is C19H32O3. The van der Waals surface area contributed by atoms with E-state index in [4.69, 9.17) is 4.74 Å². The van der Waals surface area contributed by atoms with E-state index in [1.807, 2.05) is 39.0 Å². The number of Topliss-reactive ketones (excluding diaryl/α,β-unsaturated/α-hetero) is 1. The van der Waals surface area contributed by atoms with Crippen molar-refractivity contribution in [2.75, 3.05) is 6.61 Å². The smallest absolute Gasteiger partial charge is 0.305 e. The normalized spacial score (nSPS) is 8.82. The van der Waals surface area contributed by atoms with Crippen molar-refractivity contribution in [1.82, 2.24) is 0 Å². The number of aryl methyl sites for hydroxylation is 1. The van der Waals surface area contributed by atoms with Crippen molar-refractivity contribution in [3.05, 3.63) is 35.4 Å². The number of hydrogen-bond acceptors (Lipinski definition) is 3. The van der Waals surface area contributed by atoms with Crippen LogP contribution in [-0.2, 0) is 9.53 Å². The highest BCUT2D eigenvalue weighted by molar-refractivity contribution is 5.96. The van der Waals surface area contributed by atoms with Gasteiger partial charge >= 0.3 is 5.97 Å². The Morgan fingerprint density at radius 3 is 2.14 bits per heavy atom. The Morgan fingerprint density at radius 1 is 1.05 bits per heavy atom. The third-order valence-electron chi connectivity index (χ3n) is 2.43. The number of carbonyl (C=O) groups excluding carboxylic acids is 2. The number of ether oxygens (including phenoxy) is 1. The second kappa shape index (κ2) is 15.7. The first kappa shape index (κ1) is 22.6. The van der Waals surface area contributed by atoms with Crippen molar-refractivity contribution in [3.63, 3.8) is 0 Å². The summed E-state index contributed by atoms with van der Waals surface area (Å²) in [5.41, 5.74) is 1.79.